The number of pyridine rings is 1. The number of fused-ring (bicyclic) bond motifs is 2. The Morgan fingerprint density at radius 3 is 2.55 bits per heavy atom. The van der Waals surface area contributed by atoms with Crippen LogP contribution in [0.1, 0.15) is 36.0 Å². The Hall–Kier alpha value is -5.09. The van der Waals surface area contributed by atoms with Gasteiger partial charge in [0.15, 0.2) is 11.9 Å². The number of aromatic nitrogens is 4. The molecule has 276 valence electrons. The summed E-state index contributed by atoms with van der Waals surface area (Å²) in [5.41, 5.74) is 4.84. The summed E-state index contributed by atoms with van der Waals surface area (Å²) in [6, 6.07) is 22.0. The molecule has 15 heteroatoms. The number of aryl methyl sites for hydroxylation is 1. The SMILES string of the molecule is CNc1nc(NCc2cccc(OC3CCCCO3)c2)c2c(-c3ccc4ncc(CCOS(C)(=O)=O)cc4c3)cn(S(=O)(=O)c3ccc(C)cc3)c2n1. The van der Waals surface area contributed by atoms with E-state index in [1.807, 2.05) is 55.5 Å². The molecule has 1 unspecified atom stereocenters. The van der Waals surface area contributed by atoms with E-state index in [1.54, 1.807) is 43.7 Å². The minimum atomic E-state index is -4.10. The molecule has 2 N–H and O–H groups in total. The summed E-state index contributed by atoms with van der Waals surface area (Å²) in [5.74, 6) is 1.36. The maximum atomic E-state index is 14.3. The van der Waals surface area contributed by atoms with E-state index in [4.69, 9.17) is 18.6 Å². The van der Waals surface area contributed by atoms with Crippen molar-refractivity contribution in [3.8, 4) is 16.9 Å². The first kappa shape index (κ1) is 36.3. The Kier molecular flexibility index (Phi) is 10.3. The van der Waals surface area contributed by atoms with E-state index in [0.717, 1.165) is 47.6 Å². The van der Waals surface area contributed by atoms with Crippen molar-refractivity contribution in [3.05, 3.63) is 102 Å². The second kappa shape index (κ2) is 15.1. The average molecular weight is 757 g/mol. The van der Waals surface area contributed by atoms with Crippen LogP contribution in [0, 0.1) is 6.92 Å². The molecule has 13 nitrogen and oxygen atoms in total. The van der Waals surface area contributed by atoms with Crippen LogP contribution < -0.4 is 15.4 Å². The molecule has 0 radical (unpaired) electrons. The molecule has 0 bridgehead atoms. The lowest BCUT2D eigenvalue weighted by Gasteiger charge is -2.23. The van der Waals surface area contributed by atoms with Gasteiger partial charge in [-0.05, 0) is 85.3 Å². The molecule has 0 aliphatic carbocycles. The molecular weight excluding hydrogens is 717 g/mol. The first-order valence-corrected chi connectivity index (χ1v) is 20.5. The number of hydrogen-bond acceptors (Lipinski definition) is 12. The largest absolute Gasteiger partial charge is 0.465 e. The lowest BCUT2D eigenvalue weighted by Crippen LogP contribution is -2.25. The van der Waals surface area contributed by atoms with Gasteiger partial charge in [0.25, 0.3) is 20.1 Å². The molecule has 7 rings (SSSR count). The zero-order chi connectivity index (χ0) is 37.2. The van der Waals surface area contributed by atoms with Gasteiger partial charge in [0.1, 0.15) is 11.6 Å². The van der Waals surface area contributed by atoms with Crippen LogP contribution in [0.15, 0.2) is 90.1 Å². The maximum Gasteiger partial charge on any atom is 0.269 e. The standard InChI is InChI=1S/C38H40N6O7S2/c1-25-10-13-31(14-11-25)53(47,48)44-24-32(28-12-15-33-29(21-28)19-27(22-40-33)16-18-50-52(3,45)46)35-36(42-38(39-2)43-37(35)44)41-23-26-7-6-8-30(20-26)51-34-9-4-5-17-49-34/h6-8,10-15,19-22,24,34H,4-5,9,16-18,23H2,1-3H3,(H2,39,41,42,43). The van der Waals surface area contributed by atoms with Crippen molar-refractivity contribution in [2.75, 3.05) is 37.2 Å². The predicted octanol–water partition coefficient (Wildman–Crippen LogP) is 6.27. The second-order valence-electron chi connectivity index (χ2n) is 12.9. The highest BCUT2D eigenvalue weighted by Crippen LogP contribution is 2.38. The molecule has 0 amide bonds. The molecule has 1 aliphatic heterocycles. The van der Waals surface area contributed by atoms with Crippen LogP contribution in [0.25, 0.3) is 33.1 Å². The highest BCUT2D eigenvalue weighted by atomic mass is 32.2. The zero-order valence-electron chi connectivity index (χ0n) is 29.6. The molecule has 0 spiro atoms. The number of nitrogens with zero attached hydrogens (tertiary/aromatic N) is 4. The van der Waals surface area contributed by atoms with Crippen molar-refractivity contribution in [1.29, 1.82) is 0 Å². The Balaban J connectivity index is 1.32. The summed E-state index contributed by atoms with van der Waals surface area (Å²) < 4.78 is 69.6. The first-order valence-electron chi connectivity index (χ1n) is 17.2. The third kappa shape index (κ3) is 8.28. The lowest BCUT2D eigenvalue weighted by atomic mass is 10.0. The lowest BCUT2D eigenvalue weighted by molar-refractivity contribution is -0.105. The van der Waals surface area contributed by atoms with E-state index in [-0.39, 0.29) is 29.4 Å². The number of rotatable bonds is 13. The third-order valence-electron chi connectivity index (χ3n) is 8.92. The van der Waals surface area contributed by atoms with Crippen LogP contribution in [-0.4, -0.2) is 68.6 Å². The molecule has 3 aromatic carbocycles. The molecular formula is C38H40N6O7S2. The van der Waals surface area contributed by atoms with E-state index < -0.39 is 20.1 Å². The number of nitrogens with one attached hydrogen (secondary N) is 2. The Labute approximate surface area is 308 Å². The molecule has 1 aliphatic rings. The van der Waals surface area contributed by atoms with Gasteiger partial charge < -0.3 is 20.1 Å². The second-order valence-corrected chi connectivity index (χ2v) is 16.4. The topological polar surface area (TPSA) is 164 Å². The van der Waals surface area contributed by atoms with E-state index in [2.05, 4.69) is 20.6 Å². The van der Waals surface area contributed by atoms with Crippen molar-refractivity contribution >= 4 is 53.8 Å². The van der Waals surface area contributed by atoms with Gasteiger partial charge in [-0.25, -0.2) is 12.4 Å². The van der Waals surface area contributed by atoms with Crippen molar-refractivity contribution in [1.82, 2.24) is 18.9 Å². The summed E-state index contributed by atoms with van der Waals surface area (Å²) in [5, 5.41) is 7.72. The minimum absolute atomic E-state index is 0.0143. The van der Waals surface area contributed by atoms with Gasteiger partial charge in [0.2, 0.25) is 5.95 Å². The van der Waals surface area contributed by atoms with Gasteiger partial charge in [-0.15, -0.1) is 0 Å². The van der Waals surface area contributed by atoms with Crippen molar-refractivity contribution in [2.45, 2.75) is 50.3 Å². The van der Waals surface area contributed by atoms with E-state index in [9.17, 15) is 16.8 Å². The fraction of sp³-hybridized carbons (Fsp3) is 0.289. The first-order chi connectivity index (χ1) is 25.5. The van der Waals surface area contributed by atoms with Crippen LogP contribution in [0.3, 0.4) is 0 Å². The summed E-state index contributed by atoms with van der Waals surface area (Å²) in [6.07, 6.45) is 7.26. The normalized spacial score (nSPS) is 15.1. The van der Waals surface area contributed by atoms with Crippen molar-refractivity contribution in [2.24, 2.45) is 0 Å². The molecule has 6 aromatic rings. The summed E-state index contributed by atoms with van der Waals surface area (Å²) >= 11 is 0. The fourth-order valence-corrected chi connectivity index (χ4v) is 7.92. The van der Waals surface area contributed by atoms with Crippen molar-refractivity contribution in [3.63, 3.8) is 0 Å². The van der Waals surface area contributed by atoms with Gasteiger partial charge in [-0.3, -0.25) is 9.17 Å². The third-order valence-corrected chi connectivity index (χ3v) is 11.2. The summed E-state index contributed by atoms with van der Waals surface area (Å²) in [7, 11) is -6.00. The van der Waals surface area contributed by atoms with Gasteiger partial charge in [0, 0.05) is 43.4 Å². The number of anilines is 2. The Morgan fingerprint density at radius 1 is 0.962 bits per heavy atom. The quantitative estimate of drug-likeness (QED) is 0.127. The fourth-order valence-electron chi connectivity index (χ4n) is 6.23. The highest BCUT2D eigenvalue weighted by Gasteiger charge is 2.26. The molecule has 1 atom stereocenters. The highest BCUT2D eigenvalue weighted by molar-refractivity contribution is 7.90. The molecule has 0 saturated carbocycles. The van der Waals surface area contributed by atoms with Crippen LogP contribution >= 0.6 is 0 Å². The molecule has 1 saturated heterocycles. The van der Waals surface area contributed by atoms with E-state index in [0.29, 0.717) is 53.2 Å². The Morgan fingerprint density at radius 2 is 1.79 bits per heavy atom. The number of ether oxygens (including phenoxy) is 2. The summed E-state index contributed by atoms with van der Waals surface area (Å²) in [6.45, 7) is 2.92. The Bertz CT molecular complexity index is 2500. The number of benzene rings is 3. The van der Waals surface area contributed by atoms with Crippen LogP contribution in [0.2, 0.25) is 0 Å². The average Bonchev–Trinajstić information content (AvgIpc) is 3.54. The van der Waals surface area contributed by atoms with Gasteiger partial charge in [-0.1, -0.05) is 35.9 Å². The van der Waals surface area contributed by atoms with Crippen LogP contribution in [0.5, 0.6) is 5.75 Å². The smallest absolute Gasteiger partial charge is 0.269 e. The van der Waals surface area contributed by atoms with Crippen molar-refractivity contribution < 1.29 is 30.5 Å². The zero-order valence-corrected chi connectivity index (χ0v) is 31.2. The van der Waals surface area contributed by atoms with Gasteiger partial charge in [-0.2, -0.15) is 18.4 Å². The van der Waals surface area contributed by atoms with Crippen LogP contribution in [-0.2, 0) is 42.0 Å². The molecule has 3 aromatic heterocycles. The molecule has 4 heterocycles. The van der Waals surface area contributed by atoms with E-state index >= 15 is 0 Å². The minimum Gasteiger partial charge on any atom is -0.465 e. The maximum absolute atomic E-state index is 14.3. The predicted molar refractivity (Wildman–Crippen MR) is 204 cm³/mol. The van der Waals surface area contributed by atoms with Gasteiger partial charge in [0.05, 0.1) is 35.3 Å². The van der Waals surface area contributed by atoms with Gasteiger partial charge >= 0.3 is 0 Å². The monoisotopic (exact) mass is 756 g/mol. The summed E-state index contributed by atoms with van der Waals surface area (Å²) in [4.78, 5) is 14.1. The molecule has 1 fully saturated rings. The van der Waals surface area contributed by atoms with Crippen LogP contribution in [0.4, 0.5) is 11.8 Å². The van der Waals surface area contributed by atoms with E-state index in [1.165, 1.54) is 3.97 Å². The number of hydrogen-bond donors (Lipinski definition) is 2. The molecule has 53 heavy (non-hydrogen) atoms.